The first-order valence-electron chi connectivity index (χ1n) is 11.9. The Kier molecular flexibility index (Phi) is 9.30. The minimum Gasteiger partial charge on any atom is -0.497 e. The van der Waals surface area contributed by atoms with E-state index in [-0.39, 0.29) is 24.2 Å². The van der Waals surface area contributed by atoms with Crippen molar-refractivity contribution < 1.29 is 40.9 Å². The molecule has 0 amide bonds. The summed E-state index contributed by atoms with van der Waals surface area (Å²) < 4.78 is 96.5. The van der Waals surface area contributed by atoms with Crippen molar-refractivity contribution in [1.82, 2.24) is 9.88 Å². The van der Waals surface area contributed by atoms with Crippen molar-refractivity contribution in [3.8, 4) is 5.75 Å². The van der Waals surface area contributed by atoms with Gasteiger partial charge in [0, 0.05) is 44.5 Å². The number of benzene rings is 1. The highest BCUT2D eigenvalue weighted by molar-refractivity contribution is 5.47. The summed E-state index contributed by atoms with van der Waals surface area (Å²) in [6, 6.07) is 6.87. The summed E-state index contributed by atoms with van der Waals surface area (Å²) in [4.78, 5) is 7.88. The van der Waals surface area contributed by atoms with Gasteiger partial charge in [-0.15, -0.1) is 0 Å². The molecule has 3 rings (SSSR count). The van der Waals surface area contributed by atoms with Gasteiger partial charge < -0.3 is 19.5 Å². The maximum Gasteiger partial charge on any atom is 0.430 e. The van der Waals surface area contributed by atoms with Crippen molar-refractivity contribution >= 4 is 5.82 Å². The number of hydrogen-bond acceptors (Lipinski definition) is 6. The molecule has 1 fully saturated rings. The number of β-amino-alcohol motifs (C(OH)–C–C–N with tert-alkyl or cyclic N) is 1. The number of anilines is 1. The van der Waals surface area contributed by atoms with E-state index < -0.39 is 30.1 Å². The number of rotatable bonds is 10. The lowest BCUT2D eigenvalue weighted by atomic mass is 9.87. The monoisotopic (exact) mass is 535 g/mol. The number of piperazine rings is 1. The van der Waals surface area contributed by atoms with Crippen molar-refractivity contribution in [2.75, 3.05) is 51.3 Å². The molecule has 0 atom stereocenters. The van der Waals surface area contributed by atoms with Gasteiger partial charge in [-0.2, -0.15) is 26.3 Å². The SMILES string of the molecule is CCCc1cc(N2CCN(CCO)CC2)ncc1C(OCc1ccc(OC)cc1)(C(F)(F)F)C(F)(F)F. The molecule has 6 nitrogen and oxygen atoms in total. The standard InChI is InChI=1S/C25H31F6N3O3/c1-3-4-19-15-22(34-11-9-33(10-12-34)13-14-35)32-16-21(19)23(24(26,27)28,25(29,30)31)37-17-18-5-7-20(36-2)8-6-18/h5-8,15-16,35H,3-4,9-14,17H2,1-2H3. The molecular weight excluding hydrogens is 504 g/mol. The van der Waals surface area contributed by atoms with Crippen LogP contribution in [0.4, 0.5) is 32.2 Å². The minimum absolute atomic E-state index is 0.00108. The molecule has 1 N–H and O–H groups in total. The normalized spacial score (nSPS) is 15.8. The van der Waals surface area contributed by atoms with Gasteiger partial charge in [0.2, 0.25) is 0 Å². The fraction of sp³-hybridized carbons (Fsp3) is 0.560. The molecule has 37 heavy (non-hydrogen) atoms. The van der Waals surface area contributed by atoms with Crippen LogP contribution in [-0.4, -0.2) is 73.8 Å². The summed E-state index contributed by atoms with van der Waals surface area (Å²) in [6.07, 6.45) is -10.6. The first-order chi connectivity index (χ1) is 17.5. The molecule has 0 radical (unpaired) electrons. The van der Waals surface area contributed by atoms with Gasteiger partial charge in [-0.25, -0.2) is 4.98 Å². The Morgan fingerprint density at radius 1 is 0.973 bits per heavy atom. The minimum atomic E-state index is -5.81. The number of pyridine rings is 1. The van der Waals surface area contributed by atoms with E-state index in [2.05, 4.69) is 4.98 Å². The lowest BCUT2D eigenvalue weighted by molar-refractivity contribution is -0.393. The van der Waals surface area contributed by atoms with Crippen LogP contribution >= 0.6 is 0 Å². The van der Waals surface area contributed by atoms with Crippen LogP contribution in [0.1, 0.15) is 30.0 Å². The van der Waals surface area contributed by atoms with E-state index in [1.165, 1.54) is 37.4 Å². The molecule has 12 heteroatoms. The third-order valence-electron chi connectivity index (χ3n) is 6.40. The van der Waals surface area contributed by atoms with E-state index in [0.29, 0.717) is 56.9 Å². The Bertz CT molecular complexity index is 992. The second-order valence-electron chi connectivity index (χ2n) is 8.82. The second-order valence-corrected chi connectivity index (χ2v) is 8.82. The zero-order valence-corrected chi connectivity index (χ0v) is 20.7. The van der Waals surface area contributed by atoms with E-state index >= 15 is 0 Å². The fourth-order valence-corrected chi connectivity index (χ4v) is 4.41. The Morgan fingerprint density at radius 3 is 2.11 bits per heavy atom. The van der Waals surface area contributed by atoms with Crippen LogP contribution in [0.15, 0.2) is 36.5 Å². The maximum atomic E-state index is 14.4. The van der Waals surface area contributed by atoms with Crippen molar-refractivity contribution in [3.63, 3.8) is 0 Å². The van der Waals surface area contributed by atoms with Crippen LogP contribution in [0, 0.1) is 0 Å². The van der Waals surface area contributed by atoms with E-state index in [1.807, 2.05) is 9.80 Å². The summed E-state index contributed by atoms with van der Waals surface area (Å²) in [7, 11) is 1.39. The lowest BCUT2D eigenvalue weighted by Crippen LogP contribution is -2.56. The number of aliphatic hydroxyl groups is 1. The number of aromatic nitrogens is 1. The molecule has 1 aliphatic heterocycles. The number of nitrogens with zero attached hydrogens (tertiary/aromatic N) is 3. The highest BCUT2D eigenvalue weighted by Crippen LogP contribution is 2.54. The summed E-state index contributed by atoms with van der Waals surface area (Å²) >= 11 is 0. The molecule has 1 saturated heterocycles. The van der Waals surface area contributed by atoms with Gasteiger partial charge in [0.05, 0.1) is 20.3 Å². The van der Waals surface area contributed by atoms with Gasteiger partial charge in [0.1, 0.15) is 11.6 Å². The van der Waals surface area contributed by atoms with Gasteiger partial charge in [-0.1, -0.05) is 25.5 Å². The molecule has 1 aromatic carbocycles. The van der Waals surface area contributed by atoms with Gasteiger partial charge >= 0.3 is 12.4 Å². The van der Waals surface area contributed by atoms with Gasteiger partial charge in [-0.3, -0.25) is 4.90 Å². The lowest BCUT2D eigenvalue weighted by Gasteiger charge is -2.39. The molecule has 0 spiro atoms. The summed E-state index contributed by atoms with van der Waals surface area (Å²) in [5.41, 5.74) is -5.60. The van der Waals surface area contributed by atoms with E-state index in [4.69, 9.17) is 14.6 Å². The average Bonchev–Trinajstić information content (AvgIpc) is 2.84. The quantitative estimate of drug-likeness (QED) is 0.446. The predicted octanol–water partition coefficient (Wildman–Crippen LogP) is 4.69. The van der Waals surface area contributed by atoms with Crippen LogP contribution in [0.5, 0.6) is 5.75 Å². The zero-order chi connectivity index (χ0) is 27.3. The van der Waals surface area contributed by atoms with Gasteiger partial charge in [-0.05, 0) is 35.7 Å². The van der Waals surface area contributed by atoms with Crippen molar-refractivity contribution in [2.24, 2.45) is 0 Å². The summed E-state index contributed by atoms with van der Waals surface area (Å²) in [5.74, 6) is 0.716. The third-order valence-corrected chi connectivity index (χ3v) is 6.40. The number of alkyl halides is 6. The maximum absolute atomic E-state index is 14.4. The number of ether oxygens (including phenoxy) is 2. The van der Waals surface area contributed by atoms with Crippen molar-refractivity contribution in [1.29, 1.82) is 0 Å². The van der Waals surface area contributed by atoms with E-state index in [1.54, 1.807) is 6.92 Å². The zero-order valence-electron chi connectivity index (χ0n) is 20.7. The average molecular weight is 536 g/mol. The van der Waals surface area contributed by atoms with Crippen LogP contribution < -0.4 is 9.64 Å². The Balaban J connectivity index is 2.02. The highest BCUT2D eigenvalue weighted by atomic mass is 19.4. The van der Waals surface area contributed by atoms with E-state index in [9.17, 15) is 26.3 Å². The van der Waals surface area contributed by atoms with Crippen molar-refractivity contribution in [2.45, 2.75) is 44.3 Å². The molecule has 1 aromatic heterocycles. The first-order valence-corrected chi connectivity index (χ1v) is 11.9. The van der Waals surface area contributed by atoms with E-state index in [0.717, 1.165) is 0 Å². The van der Waals surface area contributed by atoms with Crippen LogP contribution in [0.25, 0.3) is 0 Å². The highest BCUT2D eigenvalue weighted by Gasteiger charge is 2.74. The number of aliphatic hydroxyl groups excluding tert-OH is 1. The summed E-state index contributed by atoms with van der Waals surface area (Å²) in [5, 5.41) is 9.11. The molecule has 0 unspecified atom stereocenters. The second kappa shape index (κ2) is 11.9. The number of hydrogen-bond donors (Lipinski definition) is 1. The fourth-order valence-electron chi connectivity index (χ4n) is 4.41. The van der Waals surface area contributed by atoms with Crippen LogP contribution in [0.3, 0.4) is 0 Å². The largest absolute Gasteiger partial charge is 0.497 e. The molecule has 0 saturated carbocycles. The number of methoxy groups -OCH3 is 1. The molecule has 1 aliphatic rings. The molecule has 0 bridgehead atoms. The first kappa shape index (κ1) is 29.0. The predicted molar refractivity (Wildman–Crippen MR) is 126 cm³/mol. The molecule has 0 aliphatic carbocycles. The van der Waals surface area contributed by atoms with Crippen LogP contribution in [-0.2, 0) is 23.4 Å². The molecule has 2 aromatic rings. The Labute approximate surface area is 211 Å². The topological polar surface area (TPSA) is 58.1 Å². The van der Waals surface area contributed by atoms with Gasteiger partial charge in [0.25, 0.3) is 5.60 Å². The summed E-state index contributed by atoms with van der Waals surface area (Å²) in [6.45, 7) is 3.39. The Morgan fingerprint density at radius 2 is 1.59 bits per heavy atom. The smallest absolute Gasteiger partial charge is 0.430 e. The van der Waals surface area contributed by atoms with Crippen LogP contribution in [0.2, 0.25) is 0 Å². The number of aryl methyl sites for hydroxylation is 1. The molecular formula is C25H31F6N3O3. The molecule has 2 heterocycles. The van der Waals surface area contributed by atoms with Crippen molar-refractivity contribution in [3.05, 3.63) is 53.2 Å². The number of halogens is 6. The molecule has 206 valence electrons. The third kappa shape index (κ3) is 6.29. The van der Waals surface area contributed by atoms with Gasteiger partial charge in [0.15, 0.2) is 0 Å². The Hall–Kier alpha value is -2.57.